The van der Waals surface area contributed by atoms with E-state index in [1.807, 2.05) is 18.2 Å². The third-order valence-corrected chi connectivity index (χ3v) is 6.27. The van der Waals surface area contributed by atoms with Gasteiger partial charge < -0.3 is 16.4 Å². The summed E-state index contributed by atoms with van der Waals surface area (Å²) in [7, 11) is 0. The Labute approximate surface area is 234 Å². The van der Waals surface area contributed by atoms with Crippen molar-refractivity contribution in [3.63, 3.8) is 0 Å². The van der Waals surface area contributed by atoms with E-state index >= 15 is 0 Å². The van der Waals surface area contributed by atoms with Crippen LogP contribution in [-0.4, -0.2) is 42.5 Å². The molecule has 3 heterocycles. The Balaban J connectivity index is 1.56. The fraction of sp³-hybridized carbons (Fsp3) is 0.133. The molecule has 1 atom stereocenters. The van der Waals surface area contributed by atoms with E-state index in [0.717, 1.165) is 0 Å². The molecule has 5 aromatic rings. The molecule has 0 bridgehead atoms. The van der Waals surface area contributed by atoms with E-state index in [4.69, 9.17) is 10.7 Å². The first kappa shape index (κ1) is 26.8. The van der Waals surface area contributed by atoms with E-state index < -0.39 is 11.9 Å². The van der Waals surface area contributed by atoms with Crippen LogP contribution in [0.5, 0.6) is 0 Å². The number of rotatable bonds is 7. The molecule has 2 amide bonds. The topological polar surface area (TPSA) is 149 Å². The van der Waals surface area contributed by atoms with Crippen LogP contribution in [0.3, 0.4) is 0 Å². The van der Waals surface area contributed by atoms with Gasteiger partial charge >= 0.3 is 0 Å². The van der Waals surface area contributed by atoms with Crippen molar-refractivity contribution in [3.8, 4) is 17.5 Å². The van der Waals surface area contributed by atoms with Crippen molar-refractivity contribution in [2.75, 3.05) is 12.3 Å². The lowest BCUT2D eigenvalue weighted by molar-refractivity contribution is -0.116. The Morgan fingerprint density at radius 2 is 1.90 bits per heavy atom. The molecule has 1 unspecified atom stereocenters. The number of fused-ring (bicyclic) bond motifs is 2. The number of hydrogen-bond acceptors (Lipinski definition) is 7. The zero-order chi connectivity index (χ0) is 28.9. The molecule has 11 heteroatoms. The number of nitrogens with one attached hydrogen (secondary N) is 2. The number of nitrogens with zero attached hydrogens (tertiary/aromatic N) is 5. The molecule has 11 nitrogen and oxygen atoms in total. The minimum Gasteiger partial charge on any atom is -0.382 e. The van der Waals surface area contributed by atoms with E-state index in [0.29, 0.717) is 46.6 Å². The average molecular weight is 547 g/mol. The van der Waals surface area contributed by atoms with Gasteiger partial charge in [-0.25, -0.2) is 14.5 Å². The van der Waals surface area contributed by atoms with E-state index in [1.165, 1.54) is 21.4 Å². The lowest BCUT2D eigenvalue weighted by atomic mass is 10.1. The van der Waals surface area contributed by atoms with E-state index in [9.17, 15) is 14.4 Å². The van der Waals surface area contributed by atoms with Crippen LogP contribution in [0, 0.1) is 11.8 Å². The molecule has 2 aromatic carbocycles. The molecular weight excluding hydrogens is 520 g/mol. The first-order valence-electron chi connectivity index (χ1n) is 12.8. The maximum absolute atomic E-state index is 14.1. The second-order valence-corrected chi connectivity index (χ2v) is 9.03. The molecule has 0 spiro atoms. The van der Waals surface area contributed by atoms with Crippen molar-refractivity contribution >= 4 is 34.2 Å². The highest BCUT2D eigenvalue weighted by Crippen LogP contribution is 2.21. The van der Waals surface area contributed by atoms with Crippen LogP contribution in [0.2, 0.25) is 0 Å². The summed E-state index contributed by atoms with van der Waals surface area (Å²) in [6.07, 6.45) is 3.11. The number of aromatic nitrogens is 5. The van der Waals surface area contributed by atoms with Gasteiger partial charge in [0.25, 0.3) is 11.5 Å². The van der Waals surface area contributed by atoms with Crippen molar-refractivity contribution in [1.82, 2.24) is 34.8 Å². The van der Waals surface area contributed by atoms with E-state index in [-0.39, 0.29) is 23.0 Å². The number of anilines is 1. The van der Waals surface area contributed by atoms with Gasteiger partial charge in [-0.3, -0.25) is 19.0 Å². The predicted molar refractivity (Wildman–Crippen MR) is 155 cm³/mol. The predicted octanol–water partition coefficient (Wildman–Crippen LogP) is 2.55. The maximum atomic E-state index is 14.1. The van der Waals surface area contributed by atoms with Gasteiger partial charge in [0, 0.05) is 24.7 Å². The maximum Gasteiger partial charge on any atom is 0.274 e. The highest BCUT2D eigenvalue weighted by molar-refractivity contribution is 5.98. The van der Waals surface area contributed by atoms with Crippen molar-refractivity contribution in [1.29, 1.82) is 0 Å². The number of imidazole rings is 1. The molecule has 0 aliphatic rings. The highest BCUT2D eigenvalue weighted by Gasteiger charge is 2.24. The second-order valence-electron chi connectivity index (χ2n) is 9.03. The molecule has 0 fully saturated rings. The third-order valence-electron chi connectivity index (χ3n) is 6.27. The molecule has 41 heavy (non-hydrogen) atoms. The number of nitrogens with two attached hydrogens (primary N) is 1. The first-order chi connectivity index (χ1) is 19.9. The average Bonchev–Trinajstić information content (AvgIpc) is 3.32. The molecule has 0 aliphatic heterocycles. The monoisotopic (exact) mass is 546 g/mol. The standard InChI is InChI=1S/C30H26N8O3/c1-3-24(39)32-17-8-7-11-20-12-9-15-22-25(20)30(41)37(21-13-5-4-6-14-21)28(35-22)19(2)34-29(40)26-27(31)36-23-16-10-18-33-38(23)26/h3-6,9-10,12-16,18-19H,1,8,17,31H2,2H3,(H,32,39)(H,34,40). The Hall–Kier alpha value is -5.76. The largest absolute Gasteiger partial charge is 0.382 e. The smallest absolute Gasteiger partial charge is 0.274 e. The van der Waals surface area contributed by atoms with Crippen LogP contribution in [-0.2, 0) is 4.79 Å². The van der Waals surface area contributed by atoms with Gasteiger partial charge in [-0.2, -0.15) is 5.10 Å². The van der Waals surface area contributed by atoms with Gasteiger partial charge in [-0.1, -0.05) is 42.7 Å². The van der Waals surface area contributed by atoms with Gasteiger partial charge in [0.2, 0.25) is 5.91 Å². The summed E-state index contributed by atoms with van der Waals surface area (Å²) in [5.74, 6) is 5.60. The zero-order valence-corrected chi connectivity index (χ0v) is 22.2. The van der Waals surface area contributed by atoms with Gasteiger partial charge in [0.05, 0.1) is 22.6 Å². The molecular formula is C30H26N8O3. The van der Waals surface area contributed by atoms with Crippen LogP contribution in [0.15, 0.2) is 84.3 Å². The van der Waals surface area contributed by atoms with E-state index in [1.54, 1.807) is 49.4 Å². The molecule has 0 saturated carbocycles. The van der Waals surface area contributed by atoms with Gasteiger partial charge in [0.1, 0.15) is 5.82 Å². The van der Waals surface area contributed by atoms with Crippen molar-refractivity contribution in [2.45, 2.75) is 19.4 Å². The van der Waals surface area contributed by atoms with Gasteiger partial charge in [0.15, 0.2) is 17.2 Å². The summed E-state index contributed by atoms with van der Waals surface area (Å²) in [4.78, 5) is 47.8. The molecule has 204 valence electrons. The first-order valence-corrected chi connectivity index (χ1v) is 12.8. The number of carbonyl (C=O) groups excluding carboxylic acids is 2. The van der Waals surface area contributed by atoms with Gasteiger partial charge in [-0.05, 0) is 49.4 Å². The summed E-state index contributed by atoms with van der Waals surface area (Å²) in [5, 5.41) is 10.1. The number of benzene rings is 2. The number of amides is 2. The molecule has 0 saturated heterocycles. The van der Waals surface area contributed by atoms with Gasteiger partial charge in [-0.15, -0.1) is 0 Å². The highest BCUT2D eigenvalue weighted by atomic mass is 16.2. The van der Waals surface area contributed by atoms with Crippen LogP contribution >= 0.6 is 0 Å². The number of para-hydroxylation sites is 1. The Kier molecular flexibility index (Phi) is 7.56. The van der Waals surface area contributed by atoms with Crippen molar-refractivity contribution < 1.29 is 9.59 Å². The fourth-order valence-electron chi connectivity index (χ4n) is 4.39. The number of carbonyl (C=O) groups is 2. The summed E-state index contributed by atoms with van der Waals surface area (Å²) >= 11 is 0. The Bertz CT molecular complexity index is 1920. The van der Waals surface area contributed by atoms with Crippen LogP contribution in [0.1, 0.15) is 41.3 Å². The Morgan fingerprint density at radius 1 is 1.10 bits per heavy atom. The fourth-order valence-corrected chi connectivity index (χ4v) is 4.39. The second kappa shape index (κ2) is 11.5. The third kappa shape index (κ3) is 5.39. The lowest BCUT2D eigenvalue weighted by Crippen LogP contribution is -2.34. The van der Waals surface area contributed by atoms with Crippen LogP contribution in [0.4, 0.5) is 5.82 Å². The van der Waals surface area contributed by atoms with Crippen molar-refractivity contribution in [2.24, 2.45) is 0 Å². The molecule has 5 rings (SSSR count). The van der Waals surface area contributed by atoms with Crippen LogP contribution < -0.4 is 21.9 Å². The van der Waals surface area contributed by atoms with E-state index in [2.05, 4.69) is 39.1 Å². The number of nitrogen functional groups attached to an aromatic ring is 1. The summed E-state index contributed by atoms with van der Waals surface area (Å²) in [6, 6.07) is 17.0. The minimum absolute atomic E-state index is 0.0348. The van der Waals surface area contributed by atoms with Crippen LogP contribution in [0.25, 0.3) is 22.2 Å². The summed E-state index contributed by atoms with van der Waals surface area (Å²) in [5.41, 5.74) is 7.75. The number of hydrogen-bond donors (Lipinski definition) is 3. The summed E-state index contributed by atoms with van der Waals surface area (Å²) < 4.78 is 2.84. The minimum atomic E-state index is -0.711. The molecule has 0 radical (unpaired) electrons. The normalized spacial score (nSPS) is 11.4. The lowest BCUT2D eigenvalue weighted by Gasteiger charge is -2.20. The summed E-state index contributed by atoms with van der Waals surface area (Å²) in [6.45, 7) is 5.51. The molecule has 4 N–H and O–H groups in total. The molecule has 3 aromatic heterocycles. The van der Waals surface area contributed by atoms with Crippen molar-refractivity contribution in [3.05, 3.63) is 107 Å². The Morgan fingerprint density at radius 3 is 2.68 bits per heavy atom. The zero-order valence-electron chi connectivity index (χ0n) is 22.2. The quantitative estimate of drug-likeness (QED) is 0.161. The SMILES string of the molecule is C=CC(=O)NCCC#Cc1cccc2nc(C(C)NC(=O)c3c(N)nc4cccnn34)n(-c3ccccc3)c(=O)c12. The molecule has 0 aliphatic carbocycles.